The molecule has 0 saturated carbocycles. The van der Waals surface area contributed by atoms with Gasteiger partial charge in [0.25, 0.3) is 0 Å². The topological polar surface area (TPSA) is 30.2 Å². The molecule has 2 aliphatic rings. The Morgan fingerprint density at radius 3 is 2.88 bits per heavy atom. The van der Waals surface area contributed by atoms with Crippen LogP contribution in [-0.4, -0.2) is 5.78 Å². The van der Waals surface area contributed by atoms with Gasteiger partial charge in [0.05, 0.1) is 6.26 Å². The lowest BCUT2D eigenvalue weighted by Gasteiger charge is -2.18. The highest BCUT2D eigenvalue weighted by Gasteiger charge is 2.38. The lowest BCUT2D eigenvalue weighted by atomic mass is 9.84. The van der Waals surface area contributed by atoms with E-state index in [2.05, 4.69) is 13.8 Å². The van der Waals surface area contributed by atoms with Gasteiger partial charge in [-0.25, -0.2) is 0 Å². The second kappa shape index (κ2) is 3.59. The number of furan rings is 1. The highest BCUT2D eigenvalue weighted by molar-refractivity contribution is 6.08. The minimum absolute atomic E-state index is 0.324. The van der Waals surface area contributed by atoms with Gasteiger partial charge in [0.2, 0.25) is 0 Å². The smallest absolute Gasteiger partial charge is 0.159 e. The number of fused-ring (bicyclic) bond motifs is 3. The van der Waals surface area contributed by atoms with Crippen molar-refractivity contribution in [1.29, 1.82) is 0 Å². The molecule has 0 N–H and O–H groups in total. The molecule has 2 atom stereocenters. The van der Waals surface area contributed by atoms with Crippen molar-refractivity contribution in [2.24, 2.45) is 11.8 Å². The predicted molar refractivity (Wildman–Crippen MR) is 66.6 cm³/mol. The first kappa shape index (κ1) is 10.8. The van der Waals surface area contributed by atoms with Gasteiger partial charge >= 0.3 is 0 Å². The fourth-order valence-electron chi connectivity index (χ4n) is 3.35. The van der Waals surface area contributed by atoms with E-state index in [0.29, 0.717) is 24.0 Å². The van der Waals surface area contributed by atoms with Gasteiger partial charge in [0.1, 0.15) is 5.76 Å². The van der Waals surface area contributed by atoms with Crippen LogP contribution < -0.4 is 0 Å². The van der Waals surface area contributed by atoms with Gasteiger partial charge in [-0.3, -0.25) is 4.79 Å². The molecule has 1 heterocycles. The molecule has 2 aliphatic carbocycles. The number of ketones is 1. The Bertz CT molecular complexity index is 519. The molecule has 0 aliphatic heterocycles. The van der Waals surface area contributed by atoms with Crippen LogP contribution in [0.4, 0.5) is 0 Å². The standard InChI is InChI=1S/C15H18O2/c1-8-4-5-13-14(9(2)7-17-13)15-10(3)12(16)6-11(8)15/h7-8,11H,4-6H2,1-3H3. The second-order valence-corrected chi connectivity index (χ2v) is 5.51. The van der Waals surface area contributed by atoms with E-state index in [1.54, 1.807) is 0 Å². The van der Waals surface area contributed by atoms with Crippen LogP contribution in [0.1, 0.15) is 43.6 Å². The van der Waals surface area contributed by atoms with Crippen molar-refractivity contribution in [1.82, 2.24) is 0 Å². The third-order valence-corrected chi connectivity index (χ3v) is 4.43. The average molecular weight is 230 g/mol. The molecule has 0 radical (unpaired) electrons. The molecule has 0 aromatic carbocycles. The van der Waals surface area contributed by atoms with Crippen LogP contribution in [0.5, 0.6) is 0 Å². The maximum atomic E-state index is 12.0. The van der Waals surface area contributed by atoms with Crippen molar-refractivity contribution >= 4 is 11.4 Å². The summed E-state index contributed by atoms with van der Waals surface area (Å²) in [6.07, 6.45) is 4.66. The summed E-state index contributed by atoms with van der Waals surface area (Å²) in [6, 6.07) is 0. The summed E-state index contributed by atoms with van der Waals surface area (Å²) >= 11 is 0. The number of hydrogen-bond donors (Lipinski definition) is 0. The summed E-state index contributed by atoms with van der Waals surface area (Å²) in [6.45, 7) is 6.32. The number of carbonyl (C=O) groups is 1. The van der Waals surface area contributed by atoms with E-state index in [0.717, 1.165) is 24.2 Å². The molecule has 2 nitrogen and oxygen atoms in total. The second-order valence-electron chi connectivity index (χ2n) is 5.51. The molecule has 0 spiro atoms. The highest BCUT2D eigenvalue weighted by Crippen LogP contribution is 2.47. The predicted octanol–water partition coefficient (Wildman–Crippen LogP) is 3.53. The lowest BCUT2D eigenvalue weighted by Crippen LogP contribution is -2.10. The van der Waals surface area contributed by atoms with Gasteiger partial charge in [-0.2, -0.15) is 0 Å². The zero-order chi connectivity index (χ0) is 12.2. The number of rotatable bonds is 0. The van der Waals surface area contributed by atoms with Crippen LogP contribution >= 0.6 is 0 Å². The zero-order valence-corrected chi connectivity index (χ0v) is 10.7. The van der Waals surface area contributed by atoms with Crippen LogP contribution in [-0.2, 0) is 11.2 Å². The van der Waals surface area contributed by atoms with E-state index < -0.39 is 0 Å². The zero-order valence-electron chi connectivity index (χ0n) is 10.7. The fourth-order valence-corrected chi connectivity index (χ4v) is 3.35. The van der Waals surface area contributed by atoms with Gasteiger partial charge in [-0.15, -0.1) is 0 Å². The largest absolute Gasteiger partial charge is 0.468 e. The number of aryl methyl sites for hydroxylation is 2. The first-order chi connectivity index (χ1) is 8.09. The molecule has 0 bridgehead atoms. The van der Waals surface area contributed by atoms with Crippen molar-refractivity contribution in [2.45, 2.75) is 40.0 Å². The van der Waals surface area contributed by atoms with Crippen molar-refractivity contribution in [3.63, 3.8) is 0 Å². The normalized spacial score (nSPS) is 28.1. The van der Waals surface area contributed by atoms with E-state index in [4.69, 9.17) is 4.42 Å². The van der Waals surface area contributed by atoms with Crippen LogP contribution in [0, 0.1) is 18.8 Å². The Morgan fingerprint density at radius 2 is 2.12 bits per heavy atom. The summed E-state index contributed by atoms with van der Waals surface area (Å²) in [5.74, 6) is 2.40. The number of allylic oxidation sites excluding steroid dienone is 2. The molecule has 0 saturated heterocycles. The number of carbonyl (C=O) groups excluding carboxylic acids is 1. The molecule has 17 heavy (non-hydrogen) atoms. The molecule has 2 heteroatoms. The van der Waals surface area contributed by atoms with Gasteiger partial charge in [0.15, 0.2) is 5.78 Å². The van der Waals surface area contributed by atoms with Crippen molar-refractivity contribution in [3.8, 4) is 0 Å². The van der Waals surface area contributed by atoms with Crippen molar-refractivity contribution in [2.75, 3.05) is 0 Å². The Morgan fingerprint density at radius 1 is 1.35 bits per heavy atom. The third-order valence-electron chi connectivity index (χ3n) is 4.43. The quantitative estimate of drug-likeness (QED) is 0.682. The molecule has 1 aromatic rings. The SMILES string of the molecule is CC1=C2c3c(C)coc3CCC(C)C2CC1=O. The summed E-state index contributed by atoms with van der Waals surface area (Å²) in [5, 5.41) is 0. The first-order valence-corrected chi connectivity index (χ1v) is 6.41. The van der Waals surface area contributed by atoms with E-state index in [1.807, 2.05) is 13.2 Å². The molecule has 2 unspecified atom stereocenters. The van der Waals surface area contributed by atoms with E-state index in [1.165, 1.54) is 16.7 Å². The Hall–Kier alpha value is -1.31. The monoisotopic (exact) mass is 230 g/mol. The highest BCUT2D eigenvalue weighted by atomic mass is 16.3. The van der Waals surface area contributed by atoms with Crippen LogP contribution in [0.25, 0.3) is 5.57 Å². The van der Waals surface area contributed by atoms with Gasteiger partial charge < -0.3 is 4.42 Å². The van der Waals surface area contributed by atoms with E-state index >= 15 is 0 Å². The molecular formula is C15H18O2. The molecular weight excluding hydrogens is 212 g/mol. The summed E-state index contributed by atoms with van der Waals surface area (Å²) in [7, 11) is 0. The van der Waals surface area contributed by atoms with Crippen LogP contribution in [0.2, 0.25) is 0 Å². The lowest BCUT2D eigenvalue weighted by molar-refractivity contribution is -0.115. The molecule has 90 valence electrons. The average Bonchev–Trinajstić information content (AvgIpc) is 2.74. The number of Topliss-reactive ketones (excluding diaryl/α,β-unsaturated/α-hetero) is 1. The Kier molecular flexibility index (Phi) is 2.29. The maximum Gasteiger partial charge on any atom is 0.159 e. The van der Waals surface area contributed by atoms with Crippen molar-refractivity contribution < 1.29 is 9.21 Å². The summed E-state index contributed by atoms with van der Waals surface area (Å²) in [5.41, 5.74) is 4.67. The third kappa shape index (κ3) is 1.43. The minimum Gasteiger partial charge on any atom is -0.468 e. The van der Waals surface area contributed by atoms with Gasteiger partial charge in [-0.1, -0.05) is 6.92 Å². The first-order valence-electron chi connectivity index (χ1n) is 6.41. The van der Waals surface area contributed by atoms with Crippen LogP contribution in [0.15, 0.2) is 16.3 Å². The van der Waals surface area contributed by atoms with Crippen molar-refractivity contribution in [3.05, 3.63) is 28.7 Å². The van der Waals surface area contributed by atoms with Crippen LogP contribution in [0.3, 0.4) is 0 Å². The number of hydrogen-bond acceptors (Lipinski definition) is 2. The van der Waals surface area contributed by atoms with Gasteiger partial charge in [-0.05, 0) is 48.8 Å². The Balaban J connectivity index is 2.25. The summed E-state index contributed by atoms with van der Waals surface area (Å²) < 4.78 is 5.66. The Labute approximate surface area is 102 Å². The summed E-state index contributed by atoms with van der Waals surface area (Å²) in [4.78, 5) is 12.0. The van der Waals surface area contributed by atoms with Gasteiger partial charge in [0, 0.05) is 18.4 Å². The maximum absolute atomic E-state index is 12.0. The molecule has 0 amide bonds. The molecule has 0 fully saturated rings. The fraction of sp³-hybridized carbons (Fsp3) is 0.533. The molecule has 1 aromatic heterocycles. The van der Waals surface area contributed by atoms with E-state index in [-0.39, 0.29) is 0 Å². The van der Waals surface area contributed by atoms with E-state index in [9.17, 15) is 4.79 Å². The molecule has 3 rings (SSSR count). The minimum atomic E-state index is 0.324.